The number of primary sulfonamides is 1. The van der Waals surface area contributed by atoms with Gasteiger partial charge in [0.2, 0.25) is 20.0 Å². The normalized spacial score (nSPS) is 15.7. The Morgan fingerprint density at radius 1 is 0.933 bits per heavy atom. The summed E-state index contributed by atoms with van der Waals surface area (Å²) < 4.78 is 62.9. The van der Waals surface area contributed by atoms with Gasteiger partial charge in [0.25, 0.3) is 0 Å². The lowest BCUT2D eigenvalue weighted by Gasteiger charge is -2.32. The first kappa shape index (κ1) is 22.2. The molecule has 1 aliphatic heterocycles. The van der Waals surface area contributed by atoms with Gasteiger partial charge in [-0.3, -0.25) is 0 Å². The lowest BCUT2D eigenvalue weighted by molar-refractivity contribution is 0.193. The van der Waals surface area contributed by atoms with Crippen LogP contribution in [0.5, 0.6) is 0 Å². The summed E-state index contributed by atoms with van der Waals surface area (Å²) in [5.74, 6) is -0.521. The number of amides is 2. The molecule has 1 heterocycles. The molecule has 1 aliphatic rings. The quantitative estimate of drug-likeness (QED) is 0.625. The third-order valence-corrected chi connectivity index (χ3v) is 7.13. The molecule has 0 bridgehead atoms. The molecule has 12 heteroatoms. The van der Waals surface area contributed by atoms with Crippen molar-refractivity contribution in [3.63, 3.8) is 0 Å². The maximum absolute atomic E-state index is 13.0. The third kappa shape index (κ3) is 5.53. The first-order chi connectivity index (χ1) is 14.0. The Bertz CT molecular complexity index is 1110. The first-order valence-electron chi connectivity index (χ1n) is 9.01. The summed E-state index contributed by atoms with van der Waals surface area (Å²) in [6.07, 6.45) is 0.830. The number of rotatable bonds is 5. The highest BCUT2D eigenvalue weighted by Gasteiger charge is 2.27. The molecule has 2 aromatic rings. The van der Waals surface area contributed by atoms with Gasteiger partial charge < -0.3 is 10.2 Å². The van der Waals surface area contributed by atoms with Gasteiger partial charge in [0.05, 0.1) is 9.79 Å². The summed E-state index contributed by atoms with van der Waals surface area (Å²) >= 11 is 0. The molecular formula is C18H21FN4O5S2. The Balaban J connectivity index is 1.53. The molecule has 0 aromatic heterocycles. The first-order valence-corrected chi connectivity index (χ1v) is 12.0. The summed E-state index contributed by atoms with van der Waals surface area (Å²) in [6.45, 7) is 0.662. The van der Waals surface area contributed by atoms with E-state index in [-0.39, 0.29) is 21.9 Å². The molecule has 0 radical (unpaired) electrons. The number of nitrogens with zero attached hydrogens (tertiary/aromatic N) is 1. The highest BCUT2D eigenvalue weighted by molar-refractivity contribution is 7.89. The summed E-state index contributed by atoms with van der Waals surface area (Å²) in [7, 11) is -7.58. The minimum Gasteiger partial charge on any atom is -0.324 e. The molecule has 162 valence electrons. The van der Waals surface area contributed by atoms with Gasteiger partial charge in [0, 0.05) is 24.8 Å². The predicted octanol–water partition coefficient (Wildman–Crippen LogP) is 1.45. The lowest BCUT2D eigenvalue weighted by Crippen LogP contribution is -2.47. The van der Waals surface area contributed by atoms with E-state index in [1.54, 1.807) is 0 Å². The molecule has 9 nitrogen and oxygen atoms in total. The Hall–Kier alpha value is -2.54. The summed E-state index contributed by atoms with van der Waals surface area (Å²) in [5, 5.41) is 7.70. The fraction of sp³-hybridized carbons (Fsp3) is 0.278. The van der Waals surface area contributed by atoms with Gasteiger partial charge in [0.1, 0.15) is 5.82 Å². The van der Waals surface area contributed by atoms with Crippen LogP contribution in [0.4, 0.5) is 14.9 Å². The Morgan fingerprint density at radius 3 is 2.00 bits per heavy atom. The molecule has 4 N–H and O–H groups in total. The number of carbonyl (C=O) groups excluding carboxylic acids is 1. The molecule has 1 fully saturated rings. The molecule has 2 amide bonds. The standard InChI is InChI=1S/C18H21FN4O5S2/c19-13-1-5-17(6-2-13)30(27,28)22-15-9-11-23(12-10-15)18(24)21-14-3-7-16(8-4-14)29(20,25)26/h1-8,15,22H,9-12H2,(H,21,24)(H2,20,25,26). The molecule has 0 unspecified atom stereocenters. The number of carbonyl (C=O) groups is 1. The number of nitrogens with two attached hydrogens (primary N) is 1. The molecular weight excluding hydrogens is 435 g/mol. The molecule has 1 saturated heterocycles. The molecule has 0 spiro atoms. The SMILES string of the molecule is NS(=O)(=O)c1ccc(NC(=O)N2CCC(NS(=O)(=O)c3ccc(F)cc3)CC2)cc1. The Morgan fingerprint density at radius 2 is 1.47 bits per heavy atom. The topological polar surface area (TPSA) is 139 Å². The van der Waals surface area contributed by atoms with E-state index in [1.165, 1.54) is 41.3 Å². The number of nitrogens with one attached hydrogen (secondary N) is 2. The average Bonchev–Trinajstić information content (AvgIpc) is 2.68. The van der Waals surface area contributed by atoms with Crippen LogP contribution in [-0.2, 0) is 20.0 Å². The zero-order valence-corrected chi connectivity index (χ0v) is 17.4. The number of piperidine rings is 1. The summed E-state index contributed by atoms with van der Waals surface area (Å²) in [5.41, 5.74) is 0.409. The maximum Gasteiger partial charge on any atom is 0.321 e. The van der Waals surface area contributed by atoms with Gasteiger partial charge >= 0.3 is 6.03 Å². The zero-order valence-electron chi connectivity index (χ0n) is 15.8. The van der Waals surface area contributed by atoms with Crippen molar-refractivity contribution in [2.45, 2.75) is 28.7 Å². The van der Waals surface area contributed by atoms with Crippen LogP contribution in [0.15, 0.2) is 58.3 Å². The third-order valence-electron chi connectivity index (χ3n) is 4.66. The van der Waals surface area contributed by atoms with E-state index < -0.39 is 25.9 Å². The van der Waals surface area contributed by atoms with Gasteiger partial charge in [-0.2, -0.15) is 0 Å². The second-order valence-corrected chi connectivity index (χ2v) is 10.1. The minimum atomic E-state index is -3.81. The van der Waals surface area contributed by atoms with Gasteiger partial charge in [-0.05, 0) is 61.4 Å². The number of halogens is 1. The zero-order chi connectivity index (χ0) is 21.9. The van der Waals surface area contributed by atoms with Crippen molar-refractivity contribution in [3.05, 3.63) is 54.3 Å². The van der Waals surface area contributed by atoms with Gasteiger partial charge in [-0.25, -0.2) is 35.9 Å². The number of urea groups is 1. The van der Waals surface area contributed by atoms with Crippen molar-refractivity contribution in [1.82, 2.24) is 9.62 Å². The van der Waals surface area contributed by atoms with Gasteiger partial charge in [-0.1, -0.05) is 0 Å². The second-order valence-electron chi connectivity index (χ2n) is 6.84. The fourth-order valence-electron chi connectivity index (χ4n) is 3.03. The van der Waals surface area contributed by atoms with Crippen molar-refractivity contribution in [2.24, 2.45) is 5.14 Å². The van der Waals surface area contributed by atoms with Crippen LogP contribution in [0.3, 0.4) is 0 Å². The van der Waals surface area contributed by atoms with Crippen molar-refractivity contribution in [1.29, 1.82) is 0 Å². The van der Waals surface area contributed by atoms with Crippen LogP contribution in [0.2, 0.25) is 0 Å². The van der Waals surface area contributed by atoms with Gasteiger partial charge in [-0.15, -0.1) is 0 Å². The van der Waals surface area contributed by atoms with Crippen molar-refractivity contribution in [2.75, 3.05) is 18.4 Å². The van der Waals surface area contributed by atoms with Crippen LogP contribution in [0.1, 0.15) is 12.8 Å². The molecule has 0 saturated carbocycles. The molecule has 0 aliphatic carbocycles. The summed E-state index contributed by atoms with van der Waals surface area (Å²) in [4.78, 5) is 13.8. The summed E-state index contributed by atoms with van der Waals surface area (Å²) in [6, 6.07) is 9.28. The number of likely N-dealkylation sites (tertiary alicyclic amines) is 1. The number of anilines is 1. The van der Waals surface area contributed by atoms with E-state index in [0.29, 0.717) is 31.6 Å². The smallest absolute Gasteiger partial charge is 0.321 e. The van der Waals surface area contributed by atoms with E-state index in [2.05, 4.69) is 10.0 Å². The van der Waals surface area contributed by atoms with E-state index >= 15 is 0 Å². The van der Waals surface area contributed by atoms with Crippen LogP contribution in [-0.4, -0.2) is 46.9 Å². The molecule has 3 rings (SSSR count). The van der Waals surface area contributed by atoms with Crippen LogP contribution < -0.4 is 15.2 Å². The van der Waals surface area contributed by atoms with Crippen LogP contribution in [0.25, 0.3) is 0 Å². The molecule has 30 heavy (non-hydrogen) atoms. The number of hydrogen-bond donors (Lipinski definition) is 3. The van der Waals surface area contributed by atoms with Crippen LogP contribution in [0, 0.1) is 5.82 Å². The second kappa shape index (κ2) is 8.68. The van der Waals surface area contributed by atoms with E-state index in [0.717, 1.165) is 12.1 Å². The number of benzene rings is 2. The predicted molar refractivity (Wildman–Crippen MR) is 108 cm³/mol. The Labute approximate surface area is 174 Å². The van der Waals surface area contributed by atoms with Gasteiger partial charge in [0.15, 0.2) is 0 Å². The van der Waals surface area contributed by atoms with E-state index in [4.69, 9.17) is 5.14 Å². The monoisotopic (exact) mass is 456 g/mol. The highest BCUT2D eigenvalue weighted by Crippen LogP contribution is 2.18. The van der Waals surface area contributed by atoms with Crippen LogP contribution >= 0.6 is 0 Å². The number of sulfonamides is 2. The largest absolute Gasteiger partial charge is 0.324 e. The molecule has 0 atom stereocenters. The van der Waals surface area contributed by atoms with Crippen molar-refractivity contribution in [3.8, 4) is 0 Å². The highest BCUT2D eigenvalue weighted by atomic mass is 32.2. The van der Waals surface area contributed by atoms with Crippen molar-refractivity contribution < 1.29 is 26.0 Å². The lowest BCUT2D eigenvalue weighted by atomic mass is 10.1. The minimum absolute atomic E-state index is 0.0213. The Kier molecular flexibility index (Phi) is 6.41. The van der Waals surface area contributed by atoms with E-state index in [9.17, 15) is 26.0 Å². The maximum atomic E-state index is 13.0. The van der Waals surface area contributed by atoms with Crippen molar-refractivity contribution >= 4 is 31.8 Å². The fourth-order valence-corrected chi connectivity index (χ4v) is 4.85. The number of hydrogen-bond acceptors (Lipinski definition) is 5. The average molecular weight is 457 g/mol. The molecule has 2 aromatic carbocycles. The van der Waals surface area contributed by atoms with E-state index in [1.807, 2.05) is 0 Å².